The van der Waals surface area contributed by atoms with Gasteiger partial charge in [0.2, 0.25) is 17.7 Å². The zero-order chi connectivity index (χ0) is 15.4. The van der Waals surface area contributed by atoms with Crippen LogP contribution in [0.4, 0.5) is 5.69 Å². The summed E-state index contributed by atoms with van der Waals surface area (Å²) in [5.41, 5.74) is 0.724. The highest BCUT2D eigenvalue weighted by atomic mass is 79.9. The van der Waals surface area contributed by atoms with Crippen molar-refractivity contribution in [2.24, 2.45) is 0 Å². The third kappa shape index (κ3) is 3.54. The van der Waals surface area contributed by atoms with E-state index in [-0.39, 0.29) is 16.8 Å². The maximum absolute atomic E-state index is 11.8. The molecule has 0 atom stereocenters. The lowest BCUT2D eigenvalue weighted by Gasteiger charge is -2.07. The van der Waals surface area contributed by atoms with Crippen LogP contribution in [0.1, 0.15) is 10.4 Å². The lowest BCUT2D eigenvalue weighted by atomic mass is 10.2. The number of amides is 1. The second-order valence-corrected chi connectivity index (χ2v) is 4.54. The van der Waals surface area contributed by atoms with E-state index in [9.17, 15) is 19.8 Å². The van der Waals surface area contributed by atoms with Gasteiger partial charge in [0, 0.05) is 17.8 Å². The molecule has 1 heterocycles. The quantitative estimate of drug-likeness (QED) is 0.722. The van der Waals surface area contributed by atoms with Gasteiger partial charge in [-0.1, -0.05) is 15.9 Å². The van der Waals surface area contributed by atoms with Crippen molar-refractivity contribution >= 4 is 33.5 Å². The van der Waals surface area contributed by atoms with Crippen molar-refractivity contribution in [1.82, 2.24) is 4.73 Å². The van der Waals surface area contributed by atoms with Gasteiger partial charge in [0.1, 0.15) is 0 Å². The van der Waals surface area contributed by atoms with E-state index < -0.39 is 17.7 Å². The van der Waals surface area contributed by atoms with Crippen LogP contribution in [0.15, 0.2) is 36.4 Å². The van der Waals surface area contributed by atoms with E-state index in [1.165, 1.54) is 36.4 Å². The van der Waals surface area contributed by atoms with Crippen LogP contribution in [0.25, 0.3) is 0 Å². The number of nitrogens with one attached hydrogen (secondary N) is 1. The molecule has 1 aromatic carbocycles. The summed E-state index contributed by atoms with van der Waals surface area (Å²) in [5, 5.41) is 21.5. The molecular weight excluding hydrogens is 344 g/mol. The Bertz CT molecular complexity index is 646. The molecule has 21 heavy (non-hydrogen) atoms. The number of anilines is 1. The second kappa shape index (κ2) is 6.31. The topological polar surface area (TPSA) is 101 Å². The number of aromatic nitrogens is 1. The number of hydrogen-bond acceptors (Lipinski definition) is 5. The molecule has 0 fully saturated rings. The molecule has 0 aliphatic carbocycles. The summed E-state index contributed by atoms with van der Waals surface area (Å²) in [4.78, 5) is 27.9. The number of aromatic hydroxyl groups is 2. The standard InChI is InChI=1S/C13H11BrN2O5/c14-7-10(17)15-9-3-1-8(2-4-9)13(20)21-16-11(18)5-6-12(16)19/h1-6,18-19H,7H2,(H,15,17). The molecule has 0 bridgehead atoms. The van der Waals surface area contributed by atoms with E-state index in [0.717, 1.165) is 0 Å². The summed E-state index contributed by atoms with van der Waals surface area (Å²) in [6.07, 6.45) is 0. The van der Waals surface area contributed by atoms with Gasteiger partial charge in [0.15, 0.2) is 0 Å². The van der Waals surface area contributed by atoms with Crippen LogP contribution in [0.5, 0.6) is 11.8 Å². The predicted octanol–water partition coefficient (Wildman–Crippen LogP) is 1.50. The normalized spacial score (nSPS) is 10.1. The Labute approximate surface area is 127 Å². The molecule has 0 radical (unpaired) electrons. The van der Waals surface area contributed by atoms with Gasteiger partial charge in [-0.25, -0.2) is 4.79 Å². The number of alkyl halides is 1. The zero-order valence-corrected chi connectivity index (χ0v) is 12.2. The van der Waals surface area contributed by atoms with E-state index in [1.54, 1.807) is 0 Å². The lowest BCUT2D eigenvalue weighted by Crippen LogP contribution is -2.19. The molecule has 8 heteroatoms. The first-order valence-electron chi connectivity index (χ1n) is 5.79. The molecule has 1 amide bonds. The fourth-order valence-electron chi connectivity index (χ4n) is 1.52. The highest BCUT2D eigenvalue weighted by Crippen LogP contribution is 2.19. The van der Waals surface area contributed by atoms with Crippen LogP contribution in [0, 0.1) is 0 Å². The van der Waals surface area contributed by atoms with Crippen LogP contribution >= 0.6 is 15.9 Å². The fourth-order valence-corrected chi connectivity index (χ4v) is 1.66. The average molecular weight is 355 g/mol. The van der Waals surface area contributed by atoms with Crippen LogP contribution in [-0.4, -0.2) is 32.2 Å². The van der Waals surface area contributed by atoms with Gasteiger partial charge in [-0.2, -0.15) is 0 Å². The predicted molar refractivity (Wildman–Crippen MR) is 77.5 cm³/mol. The Morgan fingerprint density at radius 3 is 2.19 bits per heavy atom. The molecule has 7 nitrogen and oxygen atoms in total. The van der Waals surface area contributed by atoms with E-state index in [4.69, 9.17) is 4.84 Å². The Morgan fingerprint density at radius 2 is 1.67 bits per heavy atom. The summed E-state index contributed by atoms with van der Waals surface area (Å²) >= 11 is 3.02. The van der Waals surface area contributed by atoms with Crippen LogP contribution in [0.3, 0.4) is 0 Å². The second-order valence-electron chi connectivity index (χ2n) is 3.98. The molecule has 110 valence electrons. The smallest absolute Gasteiger partial charge is 0.363 e. The minimum absolute atomic E-state index is 0.170. The molecule has 3 N–H and O–H groups in total. The van der Waals surface area contributed by atoms with E-state index in [2.05, 4.69) is 21.2 Å². The molecule has 0 saturated carbocycles. The molecule has 2 rings (SSSR count). The first kappa shape index (κ1) is 14.9. The van der Waals surface area contributed by atoms with Crippen molar-refractivity contribution in [2.75, 3.05) is 10.6 Å². The Hall–Kier alpha value is -2.48. The Kier molecular flexibility index (Phi) is 4.49. The van der Waals surface area contributed by atoms with Crippen molar-refractivity contribution in [3.63, 3.8) is 0 Å². The van der Waals surface area contributed by atoms with Gasteiger partial charge in [0.25, 0.3) is 0 Å². The minimum atomic E-state index is -0.768. The average Bonchev–Trinajstić information content (AvgIpc) is 2.79. The van der Waals surface area contributed by atoms with Gasteiger partial charge in [-0.15, -0.1) is 4.73 Å². The molecule has 2 aromatic rings. The third-order valence-electron chi connectivity index (χ3n) is 2.50. The van der Waals surface area contributed by atoms with Gasteiger partial charge in [-0.05, 0) is 24.3 Å². The van der Waals surface area contributed by atoms with Gasteiger partial charge < -0.3 is 20.4 Å². The van der Waals surface area contributed by atoms with Gasteiger partial charge in [-0.3, -0.25) is 4.79 Å². The third-order valence-corrected chi connectivity index (χ3v) is 3.01. The summed E-state index contributed by atoms with van der Waals surface area (Å²) in [5.74, 6) is -1.79. The highest BCUT2D eigenvalue weighted by molar-refractivity contribution is 9.09. The summed E-state index contributed by atoms with van der Waals surface area (Å²) in [7, 11) is 0. The van der Waals surface area contributed by atoms with Crippen molar-refractivity contribution in [3.05, 3.63) is 42.0 Å². The minimum Gasteiger partial charge on any atom is -0.492 e. The summed E-state index contributed by atoms with van der Waals surface area (Å²) < 4.78 is 0.600. The molecule has 0 aliphatic rings. The van der Waals surface area contributed by atoms with Crippen LogP contribution in [-0.2, 0) is 4.79 Å². The van der Waals surface area contributed by atoms with Crippen LogP contribution in [0.2, 0.25) is 0 Å². The molecule has 0 unspecified atom stereocenters. The van der Waals surface area contributed by atoms with Crippen molar-refractivity contribution < 1.29 is 24.6 Å². The van der Waals surface area contributed by atoms with Gasteiger partial charge in [0.05, 0.1) is 10.9 Å². The Balaban J connectivity index is 2.08. The number of hydrogen-bond donors (Lipinski definition) is 3. The number of nitrogens with zero attached hydrogens (tertiary/aromatic N) is 1. The number of carbonyl (C=O) groups excluding carboxylic acids is 2. The lowest BCUT2D eigenvalue weighted by molar-refractivity contribution is -0.113. The number of rotatable bonds is 4. The Morgan fingerprint density at radius 1 is 1.10 bits per heavy atom. The maximum atomic E-state index is 11.8. The number of carbonyl (C=O) groups is 2. The summed E-state index contributed by atoms with van der Waals surface area (Å²) in [6.45, 7) is 0. The maximum Gasteiger partial charge on any atom is 0.363 e. The van der Waals surface area contributed by atoms with Crippen molar-refractivity contribution in [3.8, 4) is 11.8 Å². The fraction of sp³-hybridized carbons (Fsp3) is 0.0769. The summed E-state index contributed by atoms with van der Waals surface area (Å²) in [6, 6.07) is 8.33. The number of halogens is 1. The zero-order valence-electron chi connectivity index (χ0n) is 10.6. The SMILES string of the molecule is O=C(CBr)Nc1ccc(C(=O)On2c(O)ccc2O)cc1. The first-order chi connectivity index (χ1) is 10.0. The molecule has 0 saturated heterocycles. The van der Waals surface area contributed by atoms with Crippen molar-refractivity contribution in [1.29, 1.82) is 0 Å². The molecule has 1 aromatic heterocycles. The van der Waals surface area contributed by atoms with Crippen molar-refractivity contribution in [2.45, 2.75) is 0 Å². The molecule has 0 aliphatic heterocycles. The van der Waals surface area contributed by atoms with Gasteiger partial charge >= 0.3 is 5.97 Å². The molecule has 0 spiro atoms. The highest BCUT2D eigenvalue weighted by Gasteiger charge is 2.14. The van der Waals surface area contributed by atoms with Crippen LogP contribution < -0.4 is 10.2 Å². The first-order valence-corrected chi connectivity index (χ1v) is 6.91. The molecular formula is C13H11BrN2O5. The number of benzene rings is 1. The monoisotopic (exact) mass is 354 g/mol. The van der Waals surface area contributed by atoms with E-state index in [1.807, 2.05) is 0 Å². The largest absolute Gasteiger partial charge is 0.492 e. The van der Waals surface area contributed by atoms with E-state index >= 15 is 0 Å². The van der Waals surface area contributed by atoms with E-state index in [0.29, 0.717) is 10.4 Å².